The van der Waals surface area contributed by atoms with E-state index < -0.39 is 0 Å². The number of nitrogens with one attached hydrogen (secondary N) is 1. The number of hydrogen-bond acceptors (Lipinski definition) is 2. The maximum absolute atomic E-state index is 5.66. The predicted octanol–water partition coefficient (Wildman–Crippen LogP) is 3.85. The minimum Gasteiger partial charge on any atom is -0.496 e. The van der Waals surface area contributed by atoms with Gasteiger partial charge in [0.2, 0.25) is 0 Å². The molecule has 0 amide bonds. The van der Waals surface area contributed by atoms with E-state index in [0.717, 1.165) is 18.7 Å². The van der Waals surface area contributed by atoms with Gasteiger partial charge in [0.15, 0.2) is 0 Å². The Morgan fingerprint density at radius 2 is 2.16 bits per heavy atom. The van der Waals surface area contributed by atoms with Crippen molar-refractivity contribution in [2.24, 2.45) is 0 Å². The van der Waals surface area contributed by atoms with Crippen molar-refractivity contribution in [1.29, 1.82) is 0 Å². The van der Waals surface area contributed by atoms with Gasteiger partial charge in [0, 0.05) is 6.54 Å². The van der Waals surface area contributed by atoms with E-state index in [4.69, 9.17) is 4.74 Å². The molecule has 1 aliphatic heterocycles. The summed E-state index contributed by atoms with van der Waals surface area (Å²) in [4.78, 5) is 0. The van der Waals surface area contributed by atoms with Crippen LogP contribution in [0, 0.1) is 0 Å². The standard InChI is InChI=1S/C17H27NO/c1-5-13-9-15(14-7-6-8-18-11-14)10-16(12(2)3)17(13)19-4/h9-10,12,14,18H,5-8,11H2,1-4H3. The van der Waals surface area contributed by atoms with Gasteiger partial charge in [-0.2, -0.15) is 0 Å². The van der Waals surface area contributed by atoms with Gasteiger partial charge in [-0.25, -0.2) is 0 Å². The van der Waals surface area contributed by atoms with Crippen molar-refractivity contribution < 1.29 is 4.74 Å². The molecule has 1 unspecified atom stereocenters. The van der Waals surface area contributed by atoms with Gasteiger partial charge >= 0.3 is 0 Å². The molecule has 0 aliphatic carbocycles. The minimum absolute atomic E-state index is 0.511. The number of benzene rings is 1. The smallest absolute Gasteiger partial charge is 0.125 e. The van der Waals surface area contributed by atoms with Gasteiger partial charge < -0.3 is 10.1 Å². The van der Waals surface area contributed by atoms with Gasteiger partial charge in [-0.15, -0.1) is 0 Å². The number of piperidine rings is 1. The Hall–Kier alpha value is -1.02. The Morgan fingerprint density at radius 3 is 2.68 bits per heavy atom. The van der Waals surface area contributed by atoms with Crippen LogP contribution in [-0.2, 0) is 6.42 Å². The first kappa shape index (κ1) is 14.4. The number of hydrogen-bond donors (Lipinski definition) is 1. The van der Waals surface area contributed by atoms with Crippen LogP contribution in [0.5, 0.6) is 5.75 Å². The third-order valence-corrected chi connectivity index (χ3v) is 4.19. The molecule has 0 bridgehead atoms. The normalized spacial score (nSPS) is 19.7. The SMILES string of the molecule is CCc1cc(C2CCCNC2)cc(C(C)C)c1OC. The fourth-order valence-corrected chi connectivity index (χ4v) is 3.05. The Bertz CT molecular complexity index is 420. The quantitative estimate of drug-likeness (QED) is 0.889. The molecule has 1 aromatic carbocycles. The van der Waals surface area contributed by atoms with Crippen molar-refractivity contribution in [3.05, 3.63) is 28.8 Å². The third-order valence-electron chi connectivity index (χ3n) is 4.19. The lowest BCUT2D eigenvalue weighted by Crippen LogP contribution is -2.28. The zero-order chi connectivity index (χ0) is 13.8. The van der Waals surface area contributed by atoms with E-state index in [1.165, 1.54) is 36.1 Å². The highest BCUT2D eigenvalue weighted by atomic mass is 16.5. The Kier molecular flexibility index (Phi) is 4.87. The van der Waals surface area contributed by atoms with Gasteiger partial charge in [0.05, 0.1) is 7.11 Å². The van der Waals surface area contributed by atoms with E-state index in [2.05, 4.69) is 38.2 Å². The zero-order valence-corrected chi connectivity index (χ0v) is 12.8. The van der Waals surface area contributed by atoms with Gasteiger partial charge in [-0.1, -0.05) is 32.9 Å². The van der Waals surface area contributed by atoms with E-state index in [1.54, 1.807) is 7.11 Å². The Balaban J connectivity index is 2.41. The van der Waals surface area contributed by atoms with Crippen molar-refractivity contribution in [3.8, 4) is 5.75 Å². The summed E-state index contributed by atoms with van der Waals surface area (Å²) in [5.41, 5.74) is 4.21. The second kappa shape index (κ2) is 6.42. The molecule has 1 atom stereocenters. The molecular weight excluding hydrogens is 234 g/mol. The predicted molar refractivity (Wildman–Crippen MR) is 81.3 cm³/mol. The molecule has 0 spiro atoms. The van der Waals surface area contributed by atoms with Gasteiger partial charge in [-0.05, 0) is 54.3 Å². The van der Waals surface area contributed by atoms with Crippen LogP contribution < -0.4 is 10.1 Å². The third kappa shape index (κ3) is 3.11. The summed E-state index contributed by atoms with van der Waals surface area (Å²) in [6.45, 7) is 9.00. The molecule has 2 rings (SSSR count). The highest BCUT2D eigenvalue weighted by Crippen LogP contribution is 2.35. The van der Waals surface area contributed by atoms with Crippen molar-refractivity contribution in [1.82, 2.24) is 5.32 Å². The summed E-state index contributed by atoms with van der Waals surface area (Å²) in [6.07, 6.45) is 3.63. The van der Waals surface area contributed by atoms with E-state index >= 15 is 0 Å². The molecule has 0 radical (unpaired) electrons. The molecule has 1 aliphatic rings. The van der Waals surface area contributed by atoms with E-state index in [1.807, 2.05) is 0 Å². The summed E-state index contributed by atoms with van der Waals surface area (Å²) in [6, 6.07) is 4.74. The molecule has 2 heteroatoms. The zero-order valence-electron chi connectivity index (χ0n) is 12.8. The highest BCUT2D eigenvalue weighted by Gasteiger charge is 2.19. The number of ether oxygens (including phenoxy) is 1. The van der Waals surface area contributed by atoms with Crippen molar-refractivity contribution >= 4 is 0 Å². The number of aryl methyl sites for hydroxylation is 1. The second-order valence-electron chi connectivity index (χ2n) is 5.85. The van der Waals surface area contributed by atoms with Crippen LogP contribution in [0.3, 0.4) is 0 Å². The number of rotatable bonds is 4. The largest absolute Gasteiger partial charge is 0.496 e. The van der Waals surface area contributed by atoms with Crippen LogP contribution in [0.1, 0.15) is 62.1 Å². The molecule has 19 heavy (non-hydrogen) atoms. The van der Waals surface area contributed by atoms with E-state index in [9.17, 15) is 0 Å². The Morgan fingerprint density at radius 1 is 1.37 bits per heavy atom. The highest BCUT2D eigenvalue weighted by molar-refractivity contribution is 5.47. The molecule has 1 fully saturated rings. The number of methoxy groups -OCH3 is 1. The lowest BCUT2D eigenvalue weighted by molar-refractivity contribution is 0.401. The summed E-state index contributed by atoms with van der Waals surface area (Å²) in [7, 11) is 1.79. The average Bonchev–Trinajstić information content (AvgIpc) is 2.46. The lowest BCUT2D eigenvalue weighted by Gasteiger charge is -2.26. The van der Waals surface area contributed by atoms with E-state index in [-0.39, 0.29) is 0 Å². The maximum atomic E-state index is 5.66. The first-order valence-electron chi connectivity index (χ1n) is 7.58. The summed E-state index contributed by atoms with van der Waals surface area (Å²) in [5.74, 6) is 2.28. The van der Waals surface area contributed by atoms with Gasteiger partial charge in [0.1, 0.15) is 5.75 Å². The lowest BCUT2D eigenvalue weighted by atomic mass is 9.86. The molecule has 1 aromatic rings. The van der Waals surface area contributed by atoms with Gasteiger partial charge in [-0.3, -0.25) is 0 Å². The van der Waals surface area contributed by atoms with Crippen LogP contribution in [0.2, 0.25) is 0 Å². The minimum atomic E-state index is 0.511. The Labute approximate surface area is 117 Å². The maximum Gasteiger partial charge on any atom is 0.125 e. The van der Waals surface area contributed by atoms with Crippen molar-refractivity contribution in [3.63, 3.8) is 0 Å². The average molecular weight is 261 g/mol. The first-order valence-corrected chi connectivity index (χ1v) is 7.58. The fourth-order valence-electron chi connectivity index (χ4n) is 3.05. The molecule has 0 saturated carbocycles. The summed E-state index contributed by atoms with van der Waals surface area (Å²) >= 11 is 0. The van der Waals surface area contributed by atoms with Gasteiger partial charge in [0.25, 0.3) is 0 Å². The topological polar surface area (TPSA) is 21.3 Å². The van der Waals surface area contributed by atoms with Crippen molar-refractivity contribution in [2.75, 3.05) is 20.2 Å². The second-order valence-corrected chi connectivity index (χ2v) is 5.85. The summed E-state index contributed by atoms with van der Waals surface area (Å²) < 4.78 is 5.66. The molecule has 1 N–H and O–H groups in total. The van der Waals surface area contributed by atoms with Crippen LogP contribution in [0.4, 0.5) is 0 Å². The van der Waals surface area contributed by atoms with Crippen LogP contribution in [0.25, 0.3) is 0 Å². The molecular formula is C17H27NO. The van der Waals surface area contributed by atoms with Crippen LogP contribution in [0.15, 0.2) is 12.1 Å². The van der Waals surface area contributed by atoms with Crippen LogP contribution >= 0.6 is 0 Å². The van der Waals surface area contributed by atoms with Crippen molar-refractivity contribution in [2.45, 2.75) is 51.9 Å². The first-order chi connectivity index (χ1) is 9.17. The van der Waals surface area contributed by atoms with E-state index in [0.29, 0.717) is 11.8 Å². The fraction of sp³-hybridized carbons (Fsp3) is 0.647. The molecule has 2 nitrogen and oxygen atoms in total. The summed E-state index contributed by atoms with van der Waals surface area (Å²) in [5, 5.41) is 3.52. The van der Waals surface area contributed by atoms with Crippen LogP contribution in [-0.4, -0.2) is 20.2 Å². The molecule has 1 saturated heterocycles. The molecule has 1 heterocycles. The molecule has 0 aromatic heterocycles. The molecule has 106 valence electrons. The monoisotopic (exact) mass is 261 g/mol.